The fraction of sp³-hybridized carbons (Fsp3) is 0.250. The van der Waals surface area contributed by atoms with Crippen LogP contribution in [0, 0.1) is 27.7 Å². The molecule has 5 rings (SSSR count). The zero-order chi connectivity index (χ0) is 27.5. The van der Waals surface area contributed by atoms with Crippen molar-refractivity contribution in [1.29, 1.82) is 0 Å². The van der Waals surface area contributed by atoms with Crippen LogP contribution in [0.25, 0.3) is 0 Å². The Balaban J connectivity index is 0.00000164. The molecule has 0 radical (unpaired) electrons. The average Bonchev–Trinajstić information content (AvgIpc) is 2.93. The Kier molecular flexibility index (Phi) is 9.68. The van der Waals surface area contributed by atoms with Crippen LogP contribution in [0.2, 0.25) is 0 Å². The van der Waals surface area contributed by atoms with Gasteiger partial charge >= 0.3 is 0 Å². The van der Waals surface area contributed by atoms with Crippen molar-refractivity contribution in [2.24, 2.45) is 0 Å². The zero-order valence-electron chi connectivity index (χ0n) is 22.4. The predicted octanol–water partition coefficient (Wildman–Crippen LogP) is 6.90. The van der Waals surface area contributed by atoms with Gasteiger partial charge in [0.15, 0.2) is 0 Å². The van der Waals surface area contributed by atoms with Gasteiger partial charge < -0.3 is 10.2 Å². The lowest BCUT2D eigenvalue weighted by Gasteiger charge is -2.43. The van der Waals surface area contributed by atoms with Crippen LogP contribution in [0.1, 0.15) is 22.3 Å². The standard InChI is InChI=1S/C32H36O2P2.Br2/c1-23-5-13-27(14-6-23)35(28-15-7-24(2)8-16-28)21-32(34)36(22-31(35)33,29-17-9-25(3)10-18-29)30-19-11-26(4)12-20-30;1-2/h5-20,31-34H,21-22H2,1-4H3;/q+2;. The molecule has 1 fully saturated rings. The Bertz CT molecular complexity index is 1140. The van der Waals surface area contributed by atoms with Crippen LogP contribution < -0.4 is 21.2 Å². The summed E-state index contributed by atoms with van der Waals surface area (Å²) in [5.41, 5.74) is 4.81. The Morgan fingerprint density at radius 2 is 0.632 bits per heavy atom. The third-order valence-corrected chi connectivity index (χ3v) is 17.6. The number of hydrogen-bond acceptors (Lipinski definition) is 2. The Morgan fingerprint density at radius 1 is 0.447 bits per heavy atom. The van der Waals surface area contributed by atoms with Crippen molar-refractivity contribution in [3.8, 4) is 0 Å². The van der Waals surface area contributed by atoms with E-state index in [0.717, 1.165) is 0 Å². The van der Waals surface area contributed by atoms with E-state index in [0.29, 0.717) is 12.3 Å². The molecule has 2 nitrogen and oxygen atoms in total. The molecule has 0 spiro atoms. The summed E-state index contributed by atoms with van der Waals surface area (Å²) in [6.45, 7) is 8.38. The molecule has 198 valence electrons. The number of benzene rings is 4. The molecule has 1 aliphatic rings. The van der Waals surface area contributed by atoms with Crippen LogP contribution >= 0.6 is 42.8 Å². The van der Waals surface area contributed by atoms with Crippen LogP contribution in [0.15, 0.2) is 97.1 Å². The molecule has 4 aromatic carbocycles. The van der Waals surface area contributed by atoms with E-state index in [4.69, 9.17) is 0 Å². The molecular weight excluding hydrogens is 638 g/mol. The van der Waals surface area contributed by atoms with Gasteiger partial charge in [-0.1, -0.05) is 70.8 Å². The molecule has 1 aliphatic heterocycles. The first-order valence-electron chi connectivity index (χ1n) is 12.8. The zero-order valence-corrected chi connectivity index (χ0v) is 27.3. The third kappa shape index (κ3) is 5.46. The first-order chi connectivity index (χ1) is 18.3. The first-order valence-corrected chi connectivity index (χ1v) is 20.6. The number of halogens is 2. The summed E-state index contributed by atoms with van der Waals surface area (Å²) < 4.78 is 0. The molecule has 0 aliphatic carbocycles. The summed E-state index contributed by atoms with van der Waals surface area (Å²) in [5.74, 6) is -1.08. The molecule has 0 amide bonds. The van der Waals surface area contributed by atoms with Gasteiger partial charge in [-0.3, -0.25) is 0 Å². The van der Waals surface area contributed by atoms with Gasteiger partial charge in [0, 0.05) is 28.3 Å². The number of hydrogen-bond donors (Lipinski definition) is 2. The lowest BCUT2D eigenvalue weighted by atomic mass is 10.2. The van der Waals surface area contributed by atoms with Gasteiger partial charge in [-0.25, -0.2) is 0 Å². The molecule has 4 aromatic rings. The number of aliphatic hydroxyl groups is 2. The van der Waals surface area contributed by atoms with E-state index in [9.17, 15) is 10.2 Å². The fourth-order valence-corrected chi connectivity index (χ4v) is 16.5. The van der Waals surface area contributed by atoms with Gasteiger partial charge in [0.25, 0.3) is 0 Å². The lowest BCUT2D eigenvalue weighted by Crippen LogP contribution is -2.49. The highest BCUT2D eigenvalue weighted by Crippen LogP contribution is 2.75. The summed E-state index contributed by atoms with van der Waals surface area (Å²) in [7, 11) is -4.58. The van der Waals surface area contributed by atoms with Crippen molar-refractivity contribution in [3.05, 3.63) is 119 Å². The van der Waals surface area contributed by atoms with Crippen LogP contribution in [0.4, 0.5) is 0 Å². The maximum Gasteiger partial charge on any atom is 0.208 e. The topological polar surface area (TPSA) is 40.5 Å². The van der Waals surface area contributed by atoms with Crippen molar-refractivity contribution in [2.75, 3.05) is 12.3 Å². The Hall–Kier alpha value is -1.38. The van der Waals surface area contributed by atoms with Crippen molar-refractivity contribution >= 4 is 64.0 Å². The van der Waals surface area contributed by atoms with Crippen molar-refractivity contribution in [2.45, 2.75) is 39.4 Å². The minimum atomic E-state index is -2.29. The predicted molar refractivity (Wildman–Crippen MR) is 177 cm³/mol. The average molecular weight is 674 g/mol. The van der Waals surface area contributed by atoms with Crippen LogP contribution in [0.5, 0.6) is 0 Å². The summed E-state index contributed by atoms with van der Waals surface area (Å²) in [5, 5.41) is 29.3. The SMILES string of the molecule is BrBr.Cc1ccc([P+]2(c3ccc(C)cc3)CC(O)[P+](c3ccc(C)cc3)(c3ccc(C)cc3)CC2O)cc1. The Labute approximate surface area is 244 Å². The second-order valence-electron chi connectivity index (χ2n) is 10.4. The molecule has 0 aromatic heterocycles. The summed E-state index contributed by atoms with van der Waals surface area (Å²) in [4.78, 5) is 0. The van der Waals surface area contributed by atoms with Gasteiger partial charge in [0.05, 0.1) is 0 Å². The Morgan fingerprint density at radius 3 is 0.816 bits per heavy atom. The quantitative estimate of drug-likeness (QED) is 0.232. The number of aliphatic hydroxyl groups excluding tert-OH is 2. The molecule has 1 heterocycles. The van der Waals surface area contributed by atoms with E-state index in [1.807, 2.05) is 0 Å². The van der Waals surface area contributed by atoms with E-state index in [1.165, 1.54) is 43.5 Å². The van der Waals surface area contributed by atoms with Crippen molar-refractivity contribution in [1.82, 2.24) is 0 Å². The van der Waals surface area contributed by atoms with E-state index in [2.05, 4.69) is 153 Å². The summed E-state index contributed by atoms with van der Waals surface area (Å²) >= 11 is 5.50. The highest BCUT2D eigenvalue weighted by Gasteiger charge is 2.67. The van der Waals surface area contributed by atoms with E-state index < -0.39 is 26.2 Å². The minimum absolute atomic E-state index is 0.540. The van der Waals surface area contributed by atoms with Crippen LogP contribution in [-0.2, 0) is 0 Å². The van der Waals surface area contributed by atoms with E-state index in [-0.39, 0.29) is 0 Å². The minimum Gasteiger partial charge on any atom is -0.356 e. The first kappa shape index (κ1) is 29.6. The maximum atomic E-state index is 12.3. The van der Waals surface area contributed by atoms with Crippen molar-refractivity contribution in [3.63, 3.8) is 0 Å². The second kappa shape index (κ2) is 12.4. The van der Waals surface area contributed by atoms with E-state index >= 15 is 0 Å². The van der Waals surface area contributed by atoms with Gasteiger partial charge in [-0.15, -0.1) is 0 Å². The van der Waals surface area contributed by atoms with Gasteiger partial charge in [-0.05, 0) is 76.2 Å². The maximum absolute atomic E-state index is 12.3. The summed E-state index contributed by atoms with van der Waals surface area (Å²) in [6.07, 6.45) is 1.16. The molecular formula is C32H36Br2O2P2+2. The fourth-order valence-electron chi connectivity index (χ4n) is 5.69. The number of aryl methyl sites for hydroxylation is 4. The largest absolute Gasteiger partial charge is 0.356 e. The highest BCUT2D eigenvalue weighted by molar-refractivity contribution is 9.93. The molecule has 6 heteroatoms. The molecule has 2 N–H and O–H groups in total. The molecule has 1 saturated heterocycles. The highest BCUT2D eigenvalue weighted by atomic mass is 80.9. The monoisotopic (exact) mass is 672 g/mol. The summed E-state index contributed by atoms with van der Waals surface area (Å²) in [6, 6.07) is 34.6. The van der Waals surface area contributed by atoms with Crippen LogP contribution in [0.3, 0.4) is 0 Å². The van der Waals surface area contributed by atoms with Gasteiger partial charge in [0.1, 0.15) is 48.1 Å². The van der Waals surface area contributed by atoms with Gasteiger partial charge in [0.2, 0.25) is 11.7 Å². The molecule has 0 bridgehead atoms. The molecule has 2 unspecified atom stereocenters. The molecule has 0 saturated carbocycles. The van der Waals surface area contributed by atoms with Crippen molar-refractivity contribution < 1.29 is 10.2 Å². The molecule has 2 atom stereocenters. The van der Waals surface area contributed by atoms with Crippen LogP contribution in [-0.4, -0.2) is 34.2 Å². The molecule has 38 heavy (non-hydrogen) atoms. The normalized spacial score (nSPS) is 19.8. The van der Waals surface area contributed by atoms with E-state index in [1.54, 1.807) is 0 Å². The second-order valence-corrected chi connectivity index (χ2v) is 17.9. The smallest absolute Gasteiger partial charge is 0.208 e. The number of rotatable bonds is 4. The lowest BCUT2D eigenvalue weighted by molar-refractivity contribution is 0.249. The van der Waals surface area contributed by atoms with Gasteiger partial charge in [-0.2, -0.15) is 0 Å². The third-order valence-electron chi connectivity index (χ3n) is 7.90.